The zero-order chi connectivity index (χ0) is 23.3. The standard InChI is InChI=1S/C19H19F3N6O2.C2H6/c1-27-16-14(26-17(18(27)29)28-5-7-30-8-6-28)15(24-11-25-16)23-10-12-3-2-4-13(9-12)19(20,21)22;1-2/h2-4,9,11H,5-8,10H2,1H3,(H,23,24,25);1-2H3. The minimum Gasteiger partial charge on any atom is -0.378 e. The first kappa shape index (κ1) is 23.5. The van der Waals surface area contributed by atoms with Gasteiger partial charge in [-0.05, 0) is 17.7 Å². The molecule has 1 saturated heterocycles. The molecule has 1 aromatic carbocycles. The number of aromatic nitrogens is 4. The number of rotatable bonds is 4. The Bertz CT molecular complexity index is 1130. The molecular weight excluding hydrogens is 425 g/mol. The number of halogens is 3. The third kappa shape index (κ3) is 4.98. The molecule has 172 valence electrons. The van der Waals surface area contributed by atoms with Gasteiger partial charge in [-0.25, -0.2) is 15.0 Å². The van der Waals surface area contributed by atoms with Crippen LogP contribution in [0.15, 0.2) is 35.4 Å². The summed E-state index contributed by atoms with van der Waals surface area (Å²) in [7, 11) is 1.60. The van der Waals surface area contributed by atoms with Crippen LogP contribution in [0.25, 0.3) is 11.2 Å². The molecule has 0 radical (unpaired) electrons. The highest BCUT2D eigenvalue weighted by atomic mass is 19.4. The van der Waals surface area contributed by atoms with Gasteiger partial charge >= 0.3 is 6.18 Å². The average molecular weight is 450 g/mol. The minimum absolute atomic E-state index is 0.105. The molecule has 3 aromatic rings. The van der Waals surface area contributed by atoms with E-state index < -0.39 is 11.7 Å². The highest BCUT2D eigenvalue weighted by Crippen LogP contribution is 2.29. The van der Waals surface area contributed by atoms with E-state index in [0.717, 1.165) is 12.1 Å². The summed E-state index contributed by atoms with van der Waals surface area (Å²) in [6, 6.07) is 5.05. The number of ether oxygens (including phenoxy) is 1. The number of anilines is 2. The van der Waals surface area contributed by atoms with Gasteiger partial charge in [-0.15, -0.1) is 0 Å². The van der Waals surface area contributed by atoms with Gasteiger partial charge in [0, 0.05) is 26.7 Å². The van der Waals surface area contributed by atoms with E-state index in [1.165, 1.54) is 17.0 Å². The number of nitrogens with one attached hydrogen (secondary N) is 1. The van der Waals surface area contributed by atoms with Gasteiger partial charge in [0.15, 0.2) is 22.8 Å². The van der Waals surface area contributed by atoms with Crippen molar-refractivity contribution >= 4 is 22.8 Å². The van der Waals surface area contributed by atoms with Crippen molar-refractivity contribution in [1.82, 2.24) is 19.5 Å². The monoisotopic (exact) mass is 450 g/mol. The van der Waals surface area contributed by atoms with E-state index in [2.05, 4.69) is 20.3 Å². The molecule has 11 heteroatoms. The zero-order valence-corrected chi connectivity index (χ0v) is 18.1. The van der Waals surface area contributed by atoms with Gasteiger partial charge in [-0.3, -0.25) is 9.36 Å². The molecule has 0 amide bonds. The normalized spacial score (nSPS) is 14.1. The van der Waals surface area contributed by atoms with Gasteiger partial charge in [0.1, 0.15) is 6.33 Å². The summed E-state index contributed by atoms with van der Waals surface area (Å²) in [4.78, 5) is 27.4. The summed E-state index contributed by atoms with van der Waals surface area (Å²) in [5.41, 5.74) is 0.137. The lowest BCUT2D eigenvalue weighted by molar-refractivity contribution is -0.137. The molecule has 0 bridgehead atoms. The summed E-state index contributed by atoms with van der Waals surface area (Å²) >= 11 is 0. The van der Waals surface area contributed by atoms with Crippen molar-refractivity contribution in [3.8, 4) is 0 Å². The van der Waals surface area contributed by atoms with E-state index in [0.29, 0.717) is 48.8 Å². The first-order chi connectivity index (χ1) is 15.3. The van der Waals surface area contributed by atoms with Crippen LogP contribution >= 0.6 is 0 Å². The van der Waals surface area contributed by atoms with Gasteiger partial charge in [-0.1, -0.05) is 26.0 Å². The van der Waals surface area contributed by atoms with E-state index in [4.69, 9.17) is 4.74 Å². The number of alkyl halides is 3. The molecule has 3 heterocycles. The number of benzene rings is 1. The number of hydrogen-bond acceptors (Lipinski definition) is 7. The van der Waals surface area contributed by atoms with E-state index in [-0.39, 0.29) is 17.9 Å². The van der Waals surface area contributed by atoms with Crippen molar-refractivity contribution < 1.29 is 17.9 Å². The Balaban J connectivity index is 0.00000141. The average Bonchev–Trinajstić information content (AvgIpc) is 2.81. The van der Waals surface area contributed by atoms with Crippen molar-refractivity contribution in [1.29, 1.82) is 0 Å². The molecule has 2 aromatic heterocycles. The van der Waals surface area contributed by atoms with Gasteiger partial charge in [-0.2, -0.15) is 13.2 Å². The third-order valence-electron chi connectivity index (χ3n) is 4.86. The Kier molecular flexibility index (Phi) is 7.29. The summed E-state index contributed by atoms with van der Waals surface area (Å²) in [6.45, 7) is 6.17. The molecule has 0 saturated carbocycles. The second-order valence-electron chi connectivity index (χ2n) is 6.85. The Morgan fingerprint density at radius 1 is 1.16 bits per heavy atom. The Morgan fingerprint density at radius 2 is 1.88 bits per heavy atom. The third-order valence-corrected chi connectivity index (χ3v) is 4.86. The Hall–Kier alpha value is -3.21. The van der Waals surface area contributed by atoms with Gasteiger partial charge in [0.25, 0.3) is 5.56 Å². The highest BCUT2D eigenvalue weighted by molar-refractivity contribution is 5.83. The SMILES string of the molecule is CC.Cn1c(=O)c(N2CCOCC2)nc2c(NCc3cccc(C(F)(F)F)c3)ncnc21. The first-order valence-corrected chi connectivity index (χ1v) is 10.3. The molecule has 32 heavy (non-hydrogen) atoms. The lowest BCUT2D eigenvalue weighted by Crippen LogP contribution is -2.41. The van der Waals surface area contributed by atoms with Gasteiger partial charge < -0.3 is 15.0 Å². The van der Waals surface area contributed by atoms with Crippen LogP contribution in [0.2, 0.25) is 0 Å². The van der Waals surface area contributed by atoms with E-state index in [1.807, 2.05) is 18.7 Å². The summed E-state index contributed by atoms with van der Waals surface area (Å²) in [5.74, 6) is 0.604. The maximum absolute atomic E-state index is 12.9. The summed E-state index contributed by atoms with van der Waals surface area (Å²) in [5, 5.41) is 3.02. The molecular formula is C21H25F3N6O2. The largest absolute Gasteiger partial charge is 0.416 e. The maximum Gasteiger partial charge on any atom is 0.416 e. The number of aryl methyl sites for hydroxylation is 1. The topological polar surface area (TPSA) is 85.2 Å². The predicted octanol–water partition coefficient (Wildman–Crippen LogP) is 3.22. The van der Waals surface area contributed by atoms with Gasteiger partial charge in [0.05, 0.1) is 18.8 Å². The van der Waals surface area contributed by atoms with Gasteiger partial charge in [0.2, 0.25) is 0 Å². The van der Waals surface area contributed by atoms with E-state index in [1.54, 1.807) is 13.1 Å². The molecule has 1 aliphatic heterocycles. The fourth-order valence-electron chi connectivity index (χ4n) is 3.27. The van der Waals surface area contributed by atoms with Crippen molar-refractivity contribution in [3.05, 3.63) is 52.1 Å². The quantitative estimate of drug-likeness (QED) is 0.653. The van der Waals surface area contributed by atoms with Crippen molar-refractivity contribution in [2.45, 2.75) is 26.6 Å². The summed E-state index contributed by atoms with van der Waals surface area (Å²) in [6.07, 6.45) is -3.13. The molecule has 1 aliphatic rings. The molecule has 8 nitrogen and oxygen atoms in total. The van der Waals surface area contributed by atoms with Crippen LogP contribution in [0.1, 0.15) is 25.0 Å². The second kappa shape index (κ2) is 9.94. The van der Waals surface area contributed by atoms with Crippen LogP contribution in [0.4, 0.5) is 24.8 Å². The molecule has 4 rings (SSSR count). The molecule has 0 atom stereocenters. The minimum atomic E-state index is -4.41. The predicted molar refractivity (Wildman–Crippen MR) is 116 cm³/mol. The van der Waals surface area contributed by atoms with E-state index >= 15 is 0 Å². The lowest BCUT2D eigenvalue weighted by atomic mass is 10.1. The molecule has 1 fully saturated rings. The second-order valence-corrected chi connectivity index (χ2v) is 6.85. The number of nitrogens with zero attached hydrogens (tertiary/aromatic N) is 5. The van der Waals surface area contributed by atoms with E-state index in [9.17, 15) is 18.0 Å². The highest BCUT2D eigenvalue weighted by Gasteiger charge is 2.30. The molecule has 0 spiro atoms. The van der Waals surface area contributed by atoms with Crippen molar-refractivity contribution in [2.75, 3.05) is 36.5 Å². The van der Waals surface area contributed by atoms with Crippen LogP contribution in [-0.2, 0) is 24.5 Å². The number of morpholine rings is 1. The Morgan fingerprint density at radius 3 is 2.56 bits per heavy atom. The lowest BCUT2D eigenvalue weighted by Gasteiger charge is -2.27. The molecule has 1 N–H and O–H groups in total. The van der Waals surface area contributed by atoms with Crippen LogP contribution < -0.4 is 15.8 Å². The van der Waals surface area contributed by atoms with Crippen molar-refractivity contribution in [2.24, 2.45) is 7.05 Å². The van der Waals surface area contributed by atoms with Crippen molar-refractivity contribution in [3.63, 3.8) is 0 Å². The molecule has 0 unspecified atom stereocenters. The molecule has 0 aliphatic carbocycles. The Labute approximate surface area is 183 Å². The van der Waals surface area contributed by atoms with Crippen LogP contribution in [0.3, 0.4) is 0 Å². The first-order valence-electron chi connectivity index (χ1n) is 10.3. The zero-order valence-electron chi connectivity index (χ0n) is 18.1. The number of hydrogen-bond donors (Lipinski definition) is 1. The maximum atomic E-state index is 12.9. The smallest absolute Gasteiger partial charge is 0.378 e. The van der Waals surface area contributed by atoms with Crippen LogP contribution in [0, 0.1) is 0 Å². The fourth-order valence-corrected chi connectivity index (χ4v) is 3.27. The summed E-state index contributed by atoms with van der Waals surface area (Å²) < 4.78 is 45.6. The van der Waals surface area contributed by atoms with Crippen LogP contribution in [0.5, 0.6) is 0 Å². The van der Waals surface area contributed by atoms with Crippen LogP contribution in [-0.4, -0.2) is 45.8 Å². The fraction of sp³-hybridized carbons (Fsp3) is 0.429. The number of fused-ring (bicyclic) bond motifs is 1.